The molecule has 0 N–H and O–H groups in total. The fraction of sp³-hybridized carbons (Fsp3) is 1.00. The maximum absolute atomic E-state index is 2.31. The van der Waals surface area contributed by atoms with Crippen LogP contribution in [0.4, 0.5) is 0 Å². The van der Waals surface area contributed by atoms with Gasteiger partial charge < -0.3 is 0 Å². The predicted molar refractivity (Wildman–Crippen MR) is 257 cm³/mol. The van der Waals surface area contributed by atoms with E-state index < -0.39 is 0 Å². The number of hydrogen-bond donors (Lipinski definition) is 0. The molecule has 0 unspecified atom stereocenters. The van der Waals surface area contributed by atoms with E-state index in [1.54, 1.807) is 16.5 Å². The van der Waals surface area contributed by atoms with Crippen molar-refractivity contribution in [2.75, 3.05) is 12.3 Å². The van der Waals surface area contributed by atoms with Gasteiger partial charge in [-0.25, -0.2) is 0 Å². The Bertz CT molecular complexity index is 553. The van der Waals surface area contributed by atoms with Crippen molar-refractivity contribution in [2.24, 2.45) is 0 Å². The van der Waals surface area contributed by atoms with E-state index in [9.17, 15) is 0 Å². The molecule has 0 atom stereocenters. The molecule has 0 saturated heterocycles. The van der Waals surface area contributed by atoms with Gasteiger partial charge >= 0.3 is 0 Å². The lowest BCUT2D eigenvalue weighted by Gasteiger charge is -2.05. The molecule has 0 aliphatic heterocycles. The monoisotopic (exact) mass is 793 g/mol. The van der Waals surface area contributed by atoms with E-state index in [0.717, 1.165) is 0 Å². The summed E-state index contributed by atoms with van der Waals surface area (Å²) in [5.74, 6) is 0. The molecular weight excluding hydrogens is 687 g/mol. The topological polar surface area (TPSA) is 0 Å². The zero-order valence-corrected chi connectivity index (χ0v) is 40.0. The van der Waals surface area contributed by atoms with Crippen LogP contribution < -0.4 is 0 Å². The van der Waals surface area contributed by atoms with E-state index in [2.05, 4.69) is 13.8 Å². The van der Waals surface area contributed by atoms with Crippen LogP contribution in [-0.2, 0) is 0 Å². The second kappa shape index (κ2) is 53.9. The zero-order chi connectivity index (χ0) is 38.8. The van der Waals surface area contributed by atoms with Crippen molar-refractivity contribution in [2.45, 2.75) is 322 Å². The molecule has 2 radical (unpaired) electrons. The highest BCUT2D eigenvalue weighted by Crippen LogP contribution is 2.38. The van der Waals surface area contributed by atoms with Gasteiger partial charge in [-0.3, -0.25) is 0 Å². The fourth-order valence-corrected chi connectivity index (χ4v) is 11.1. The summed E-state index contributed by atoms with van der Waals surface area (Å²) in [5, 5.41) is 0. The van der Waals surface area contributed by atoms with Crippen LogP contribution in [0.2, 0.25) is 0 Å². The molecule has 0 saturated carbocycles. The summed E-state index contributed by atoms with van der Waals surface area (Å²) >= 11 is 0. The Labute approximate surface area is 349 Å². The Kier molecular flexibility index (Phi) is 54.7. The van der Waals surface area contributed by atoms with Gasteiger partial charge in [-0.2, -0.15) is 0 Å². The number of unbranched alkanes of at least 4 members (excludes halogenated alkanes) is 46. The van der Waals surface area contributed by atoms with E-state index in [1.807, 2.05) is 0 Å². The maximum atomic E-state index is 2.31. The summed E-state index contributed by atoms with van der Waals surface area (Å²) in [6, 6.07) is 0. The second-order valence-electron chi connectivity index (χ2n) is 18.0. The van der Waals surface area contributed by atoms with Gasteiger partial charge in [0.1, 0.15) is 0 Å². The average Bonchev–Trinajstić information content (AvgIpc) is 3.18. The summed E-state index contributed by atoms with van der Waals surface area (Å²) in [7, 11) is 3.43. The minimum absolute atomic E-state index is 1.37. The van der Waals surface area contributed by atoms with Crippen molar-refractivity contribution in [3.05, 3.63) is 0 Å². The third kappa shape index (κ3) is 52.9. The van der Waals surface area contributed by atoms with Crippen LogP contribution in [0.5, 0.6) is 0 Å². The van der Waals surface area contributed by atoms with Crippen LogP contribution in [0.3, 0.4) is 0 Å². The average molecular weight is 793 g/mol. The Morgan fingerprint density at radius 1 is 0.148 bits per heavy atom. The summed E-state index contributed by atoms with van der Waals surface area (Å²) in [4.78, 5) is 0. The standard InChI is InChI=1S/C52H106P2/c1-3-5-7-9-11-13-15-17-19-21-23-25-27-29-31-33-35-37-39-41-43-45-47-49-51-53-54-52-50-48-46-44-42-40-38-36-34-32-30-28-26-24-22-20-18-16-14-12-10-8-6-4-2/h3-52H2,1-2H3. The van der Waals surface area contributed by atoms with Gasteiger partial charge in [-0.15, -0.1) is 0 Å². The smallest absolute Gasteiger partial charge is 0.0242 e. The first-order chi connectivity index (χ1) is 26.9. The van der Waals surface area contributed by atoms with Crippen molar-refractivity contribution in [3.63, 3.8) is 0 Å². The minimum Gasteiger partial charge on any atom is -0.0654 e. The van der Waals surface area contributed by atoms with E-state index in [1.165, 1.54) is 321 Å². The zero-order valence-electron chi connectivity index (χ0n) is 38.2. The maximum Gasteiger partial charge on any atom is -0.0242 e. The SMILES string of the molecule is CCCCCCCCCCCCCCCCCCCCCCCCCC[P][P]CCCCCCCCCCCCCCCCCCCCCCCCCC. The third-order valence-corrected chi connectivity index (χ3v) is 15.4. The summed E-state index contributed by atoms with van der Waals surface area (Å²) in [5.41, 5.74) is 0. The van der Waals surface area contributed by atoms with Crippen LogP contribution in [0.25, 0.3) is 0 Å². The molecule has 0 aromatic rings. The third-order valence-electron chi connectivity index (χ3n) is 12.3. The largest absolute Gasteiger partial charge is 0.0654 e. The Hall–Kier alpha value is 0.860. The highest BCUT2D eigenvalue weighted by Gasteiger charge is 1.99. The molecule has 0 aromatic carbocycles. The Balaban J connectivity index is 3.05. The Morgan fingerprint density at radius 2 is 0.259 bits per heavy atom. The first-order valence-corrected chi connectivity index (χ1v) is 29.1. The van der Waals surface area contributed by atoms with Crippen LogP contribution in [0, 0.1) is 0 Å². The van der Waals surface area contributed by atoms with Crippen molar-refractivity contribution in [1.82, 2.24) is 0 Å². The van der Waals surface area contributed by atoms with Gasteiger partial charge in [0.25, 0.3) is 0 Å². The van der Waals surface area contributed by atoms with Gasteiger partial charge in [0.2, 0.25) is 0 Å². The normalized spacial score (nSPS) is 12.1. The molecule has 2 heteroatoms. The first-order valence-electron chi connectivity index (χ1n) is 26.2. The van der Waals surface area contributed by atoms with Crippen molar-refractivity contribution < 1.29 is 0 Å². The number of rotatable bonds is 51. The molecule has 324 valence electrons. The molecule has 0 heterocycles. The quantitative estimate of drug-likeness (QED) is 0.0425. The molecule has 0 aliphatic carbocycles. The molecule has 0 bridgehead atoms. The highest BCUT2D eigenvalue weighted by molar-refractivity contribution is 8.11. The predicted octanol–water partition coefficient (Wildman–Crippen LogP) is 21.6. The van der Waals surface area contributed by atoms with Crippen LogP contribution in [0.15, 0.2) is 0 Å². The van der Waals surface area contributed by atoms with E-state index in [0.29, 0.717) is 0 Å². The van der Waals surface area contributed by atoms with Gasteiger partial charge in [-0.05, 0) is 41.7 Å². The van der Waals surface area contributed by atoms with Gasteiger partial charge in [0.15, 0.2) is 0 Å². The first kappa shape index (κ1) is 54.9. The van der Waals surface area contributed by atoms with Crippen molar-refractivity contribution >= 4 is 16.5 Å². The molecule has 0 rings (SSSR count). The van der Waals surface area contributed by atoms with Gasteiger partial charge in [-0.1, -0.05) is 309 Å². The van der Waals surface area contributed by atoms with Crippen molar-refractivity contribution in [1.29, 1.82) is 0 Å². The van der Waals surface area contributed by atoms with Crippen molar-refractivity contribution in [3.8, 4) is 0 Å². The van der Waals surface area contributed by atoms with Gasteiger partial charge in [0, 0.05) is 0 Å². The Morgan fingerprint density at radius 3 is 0.389 bits per heavy atom. The lowest BCUT2D eigenvalue weighted by Crippen LogP contribution is -1.85. The molecule has 0 aromatic heterocycles. The van der Waals surface area contributed by atoms with Crippen LogP contribution in [0.1, 0.15) is 322 Å². The minimum atomic E-state index is 1.37. The fourth-order valence-electron chi connectivity index (χ4n) is 8.43. The molecule has 0 spiro atoms. The lowest BCUT2D eigenvalue weighted by molar-refractivity contribution is 0.518. The molecule has 0 fully saturated rings. The molecule has 0 nitrogen and oxygen atoms in total. The molecular formula is C52H106P2. The molecule has 0 aliphatic rings. The van der Waals surface area contributed by atoms with E-state index in [4.69, 9.17) is 0 Å². The summed E-state index contributed by atoms with van der Waals surface area (Å²) in [6.07, 6.45) is 74.2. The van der Waals surface area contributed by atoms with Crippen LogP contribution in [-0.4, -0.2) is 12.3 Å². The number of hydrogen-bond acceptors (Lipinski definition) is 0. The molecule has 0 amide bonds. The van der Waals surface area contributed by atoms with Gasteiger partial charge in [0.05, 0.1) is 0 Å². The molecule has 54 heavy (non-hydrogen) atoms. The lowest BCUT2D eigenvalue weighted by atomic mass is 10.0. The van der Waals surface area contributed by atoms with E-state index >= 15 is 0 Å². The summed E-state index contributed by atoms with van der Waals surface area (Å²) < 4.78 is 0. The van der Waals surface area contributed by atoms with E-state index in [-0.39, 0.29) is 0 Å². The summed E-state index contributed by atoms with van der Waals surface area (Å²) in [6.45, 7) is 4.63. The second-order valence-corrected chi connectivity index (χ2v) is 21.2. The highest BCUT2D eigenvalue weighted by atomic mass is 32.0. The van der Waals surface area contributed by atoms with Crippen LogP contribution >= 0.6 is 16.5 Å².